The summed E-state index contributed by atoms with van der Waals surface area (Å²) < 4.78 is 33.6. The molecule has 0 fully saturated rings. The predicted molar refractivity (Wildman–Crippen MR) is 112 cm³/mol. The standard InChI is InChI=1S/C22H22N2O5S/c1-14-10-21(15(2)29-14)30(27,28)24-13-18(6-8-22(25)26)19-11-16(5-7-20(19)24)17-4-3-9-23-12-17/h3-5,7,9-12,18H,6,8,13H2,1-2H3,(H,25,26). The highest BCUT2D eigenvalue weighted by Crippen LogP contribution is 2.44. The number of fused-ring (bicyclic) bond motifs is 1. The van der Waals surface area contributed by atoms with Crippen LogP contribution >= 0.6 is 0 Å². The lowest BCUT2D eigenvalue weighted by atomic mass is 9.93. The summed E-state index contributed by atoms with van der Waals surface area (Å²) in [4.78, 5) is 15.4. The fraction of sp³-hybridized carbons (Fsp3) is 0.273. The Bertz CT molecular complexity index is 1200. The number of rotatable bonds is 6. The van der Waals surface area contributed by atoms with E-state index in [-0.39, 0.29) is 23.8 Å². The van der Waals surface area contributed by atoms with Gasteiger partial charge in [0.25, 0.3) is 10.0 Å². The maximum Gasteiger partial charge on any atom is 0.303 e. The second-order valence-corrected chi connectivity index (χ2v) is 9.29. The Labute approximate surface area is 175 Å². The van der Waals surface area contributed by atoms with Crippen LogP contribution in [-0.2, 0) is 14.8 Å². The number of aliphatic carboxylic acids is 1. The van der Waals surface area contributed by atoms with Crippen molar-refractivity contribution in [1.82, 2.24) is 4.98 Å². The van der Waals surface area contributed by atoms with E-state index in [4.69, 9.17) is 9.52 Å². The molecule has 0 radical (unpaired) electrons. The summed E-state index contributed by atoms with van der Waals surface area (Å²) in [7, 11) is -3.83. The Balaban J connectivity index is 1.79. The minimum Gasteiger partial charge on any atom is -0.481 e. The zero-order valence-electron chi connectivity index (χ0n) is 16.7. The summed E-state index contributed by atoms with van der Waals surface area (Å²) in [5.41, 5.74) is 3.24. The molecule has 0 spiro atoms. The normalized spacial score (nSPS) is 15.9. The third-order valence-corrected chi connectivity index (χ3v) is 7.27. The van der Waals surface area contributed by atoms with E-state index in [1.54, 1.807) is 32.3 Å². The Morgan fingerprint density at radius 1 is 1.23 bits per heavy atom. The van der Waals surface area contributed by atoms with Gasteiger partial charge in [-0.15, -0.1) is 0 Å². The Morgan fingerprint density at radius 3 is 2.67 bits per heavy atom. The van der Waals surface area contributed by atoms with Crippen LogP contribution in [-0.4, -0.2) is 31.0 Å². The van der Waals surface area contributed by atoms with E-state index in [1.807, 2.05) is 24.3 Å². The quantitative estimate of drug-likeness (QED) is 0.636. The highest BCUT2D eigenvalue weighted by Gasteiger charge is 2.38. The van der Waals surface area contributed by atoms with Gasteiger partial charge in [0.1, 0.15) is 16.4 Å². The van der Waals surface area contributed by atoms with Crippen LogP contribution < -0.4 is 4.31 Å². The summed E-state index contributed by atoms with van der Waals surface area (Å²) in [6, 6.07) is 10.9. The van der Waals surface area contributed by atoms with Crippen LogP contribution in [0.3, 0.4) is 0 Å². The van der Waals surface area contributed by atoms with Gasteiger partial charge in [-0.3, -0.25) is 14.1 Å². The first-order valence-corrected chi connectivity index (χ1v) is 11.1. The first-order valence-electron chi connectivity index (χ1n) is 9.63. The van der Waals surface area contributed by atoms with Crippen molar-refractivity contribution in [1.29, 1.82) is 0 Å². The van der Waals surface area contributed by atoms with Crippen LogP contribution in [0.15, 0.2) is 58.1 Å². The van der Waals surface area contributed by atoms with Crippen LogP contribution in [0.4, 0.5) is 5.69 Å². The number of hydrogen-bond donors (Lipinski definition) is 1. The Hall–Kier alpha value is -3.13. The fourth-order valence-electron chi connectivity index (χ4n) is 3.97. The molecule has 7 nitrogen and oxygen atoms in total. The highest BCUT2D eigenvalue weighted by atomic mass is 32.2. The largest absolute Gasteiger partial charge is 0.481 e. The molecule has 156 valence electrons. The van der Waals surface area contributed by atoms with Crippen molar-refractivity contribution in [2.45, 2.75) is 37.5 Å². The second-order valence-electron chi connectivity index (χ2n) is 7.46. The zero-order chi connectivity index (χ0) is 21.5. The number of furan rings is 1. The monoisotopic (exact) mass is 426 g/mol. The smallest absolute Gasteiger partial charge is 0.303 e. The average molecular weight is 426 g/mol. The van der Waals surface area contributed by atoms with Crippen molar-refractivity contribution < 1.29 is 22.7 Å². The van der Waals surface area contributed by atoms with Crippen LogP contribution in [0, 0.1) is 13.8 Å². The summed E-state index contributed by atoms with van der Waals surface area (Å²) >= 11 is 0. The SMILES string of the molecule is Cc1cc(S(=O)(=O)N2CC(CCC(=O)O)c3cc(-c4cccnc4)ccc32)c(C)o1. The summed E-state index contributed by atoms with van der Waals surface area (Å²) in [5.74, 6) is -0.242. The molecule has 2 aromatic heterocycles. The molecular weight excluding hydrogens is 404 g/mol. The number of carbonyl (C=O) groups is 1. The summed E-state index contributed by atoms with van der Waals surface area (Å²) in [5, 5.41) is 9.14. The topological polar surface area (TPSA) is 101 Å². The maximum absolute atomic E-state index is 13.4. The van der Waals surface area contributed by atoms with Crippen LogP contribution in [0.2, 0.25) is 0 Å². The van der Waals surface area contributed by atoms with E-state index < -0.39 is 16.0 Å². The molecule has 1 aliphatic rings. The van der Waals surface area contributed by atoms with Crippen molar-refractivity contribution in [3.63, 3.8) is 0 Å². The molecule has 0 saturated heterocycles. The van der Waals surface area contributed by atoms with E-state index in [0.29, 0.717) is 23.6 Å². The molecule has 1 aromatic carbocycles. The third-order valence-electron chi connectivity index (χ3n) is 5.39. The molecule has 0 bridgehead atoms. The number of benzene rings is 1. The number of nitrogens with zero attached hydrogens (tertiary/aromatic N) is 2. The van der Waals surface area contributed by atoms with E-state index in [1.165, 1.54) is 10.4 Å². The Kier molecular flexibility index (Phi) is 5.11. The van der Waals surface area contributed by atoms with Crippen molar-refractivity contribution in [3.05, 3.63) is 65.9 Å². The number of sulfonamides is 1. The Morgan fingerprint density at radius 2 is 2.03 bits per heavy atom. The predicted octanol–water partition coefficient (Wildman–Crippen LogP) is 4.12. The van der Waals surface area contributed by atoms with Crippen molar-refractivity contribution in [2.24, 2.45) is 0 Å². The van der Waals surface area contributed by atoms with Gasteiger partial charge < -0.3 is 9.52 Å². The van der Waals surface area contributed by atoms with Crippen molar-refractivity contribution in [3.8, 4) is 11.1 Å². The van der Waals surface area contributed by atoms with Gasteiger partial charge in [0, 0.05) is 37.3 Å². The van der Waals surface area contributed by atoms with Gasteiger partial charge in [0.15, 0.2) is 0 Å². The molecule has 0 saturated carbocycles. The van der Waals surface area contributed by atoms with E-state index in [2.05, 4.69) is 4.98 Å². The lowest BCUT2D eigenvalue weighted by molar-refractivity contribution is -0.137. The lowest BCUT2D eigenvalue weighted by Gasteiger charge is -2.19. The number of pyridine rings is 1. The molecule has 1 unspecified atom stereocenters. The third kappa shape index (κ3) is 3.59. The summed E-state index contributed by atoms with van der Waals surface area (Å²) in [6.07, 6.45) is 3.76. The van der Waals surface area contributed by atoms with Gasteiger partial charge in [-0.25, -0.2) is 8.42 Å². The molecule has 8 heteroatoms. The molecular formula is C22H22N2O5S. The molecule has 3 aromatic rings. The molecule has 1 atom stereocenters. The van der Waals surface area contributed by atoms with Crippen LogP contribution in [0.25, 0.3) is 11.1 Å². The molecule has 0 amide bonds. The number of carboxylic acids is 1. The second kappa shape index (κ2) is 7.60. The van der Waals surface area contributed by atoms with Crippen LogP contribution in [0.5, 0.6) is 0 Å². The molecule has 3 heterocycles. The molecule has 1 N–H and O–H groups in total. The van der Waals surface area contributed by atoms with Gasteiger partial charge in [0.2, 0.25) is 0 Å². The average Bonchev–Trinajstić information content (AvgIpc) is 3.26. The zero-order valence-corrected chi connectivity index (χ0v) is 17.5. The molecule has 1 aliphatic heterocycles. The summed E-state index contributed by atoms with van der Waals surface area (Å²) in [6.45, 7) is 3.54. The van der Waals surface area contributed by atoms with E-state index >= 15 is 0 Å². The van der Waals surface area contributed by atoms with E-state index in [0.717, 1.165) is 16.7 Å². The maximum atomic E-state index is 13.4. The van der Waals surface area contributed by atoms with Crippen molar-refractivity contribution >= 4 is 21.7 Å². The van der Waals surface area contributed by atoms with Gasteiger partial charge in [-0.1, -0.05) is 12.1 Å². The van der Waals surface area contributed by atoms with Crippen LogP contribution in [0.1, 0.15) is 35.8 Å². The highest BCUT2D eigenvalue weighted by molar-refractivity contribution is 7.93. The first-order chi connectivity index (χ1) is 14.3. The number of aryl methyl sites for hydroxylation is 2. The number of carboxylic acid groups (broad SMARTS) is 1. The number of aromatic nitrogens is 1. The number of hydrogen-bond acceptors (Lipinski definition) is 5. The lowest BCUT2D eigenvalue weighted by Crippen LogP contribution is -2.30. The van der Waals surface area contributed by atoms with Gasteiger partial charge in [-0.2, -0.15) is 0 Å². The van der Waals surface area contributed by atoms with Gasteiger partial charge >= 0.3 is 5.97 Å². The minimum atomic E-state index is -3.83. The molecule has 4 rings (SSSR count). The van der Waals surface area contributed by atoms with Crippen molar-refractivity contribution in [2.75, 3.05) is 10.8 Å². The minimum absolute atomic E-state index is 0.0288. The fourth-order valence-corrected chi connectivity index (χ4v) is 5.73. The van der Waals surface area contributed by atoms with Gasteiger partial charge in [0.05, 0.1) is 5.69 Å². The van der Waals surface area contributed by atoms with E-state index in [9.17, 15) is 13.2 Å². The molecule has 30 heavy (non-hydrogen) atoms. The molecule has 0 aliphatic carbocycles. The van der Waals surface area contributed by atoms with Gasteiger partial charge in [-0.05, 0) is 55.2 Å². The number of anilines is 1. The first kappa shape index (κ1) is 20.2.